The molecule has 0 bridgehead atoms. The predicted octanol–water partition coefficient (Wildman–Crippen LogP) is 2.54. The van der Waals surface area contributed by atoms with Crippen LogP contribution in [0.1, 0.15) is 6.42 Å². The van der Waals surface area contributed by atoms with Gasteiger partial charge in [-0.3, -0.25) is 0 Å². The zero-order valence-corrected chi connectivity index (χ0v) is 12.9. The van der Waals surface area contributed by atoms with Crippen molar-refractivity contribution in [3.63, 3.8) is 0 Å². The third-order valence-electron chi connectivity index (χ3n) is 1.47. The highest BCUT2D eigenvalue weighted by Gasteiger charge is 2.01. The Morgan fingerprint density at radius 2 is 1.20 bits per heavy atom. The third-order valence-corrected chi connectivity index (χ3v) is 5.12. The molecule has 15 heavy (non-hydrogen) atoms. The Hall–Kier alpha value is 0.480. The molecule has 0 aliphatic rings. The van der Waals surface area contributed by atoms with Crippen LogP contribution < -0.4 is 0 Å². The first-order valence-corrected chi connectivity index (χ1v) is 7.42. The molecule has 0 saturated carbocycles. The second-order valence-corrected chi connectivity index (χ2v) is 6.83. The fourth-order valence-corrected chi connectivity index (χ4v) is 2.76. The van der Waals surface area contributed by atoms with E-state index in [0.717, 1.165) is 26.6 Å². The number of hydrogen-bond donors (Lipinski definition) is 0. The van der Waals surface area contributed by atoms with E-state index >= 15 is 0 Å². The monoisotopic (exact) mass is 282 g/mol. The summed E-state index contributed by atoms with van der Waals surface area (Å²) in [4.78, 5) is 3.94. The number of hydrogen-bond acceptors (Lipinski definition) is 4. The van der Waals surface area contributed by atoms with Gasteiger partial charge in [0.15, 0.2) is 0 Å². The van der Waals surface area contributed by atoms with E-state index < -0.39 is 0 Å². The molecule has 0 atom stereocenters. The van der Waals surface area contributed by atoms with Crippen LogP contribution in [0.5, 0.6) is 0 Å². The first-order chi connectivity index (χ1) is 6.95. The van der Waals surface area contributed by atoms with E-state index in [0.29, 0.717) is 0 Å². The van der Waals surface area contributed by atoms with Crippen LogP contribution in [0.3, 0.4) is 0 Å². The Kier molecular flexibility index (Phi) is 8.89. The van der Waals surface area contributed by atoms with Crippen LogP contribution in [0.15, 0.2) is 0 Å². The number of thioether (sulfide) groups is 2. The summed E-state index contributed by atoms with van der Waals surface area (Å²) >= 11 is 13.8. The van der Waals surface area contributed by atoms with Crippen LogP contribution in [0.2, 0.25) is 0 Å². The number of rotatable bonds is 4. The molecule has 0 N–H and O–H groups in total. The van der Waals surface area contributed by atoms with E-state index in [1.165, 1.54) is 0 Å². The number of nitrogens with zero attached hydrogens (tertiary/aromatic N) is 2. The molecule has 88 valence electrons. The molecule has 0 aliphatic heterocycles. The van der Waals surface area contributed by atoms with Crippen LogP contribution in [-0.2, 0) is 0 Å². The summed E-state index contributed by atoms with van der Waals surface area (Å²) in [6.45, 7) is 0. The molecule has 0 rings (SSSR count). The maximum Gasteiger partial charge on any atom is 0.135 e. The van der Waals surface area contributed by atoms with Gasteiger partial charge in [0.05, 0.1) is 0 Å². The fraction of sp³-hybridized carbons (Fsp3) is 0.778. The van der Waals surface area contributed by atoms with Crippen molar-refractivity contribution in [2.45, 2.75) is 6.42 Å². The standard InChI is InChI=1S/C9H18N2S4/c1-10(2)8(12)14-6-5-7-15-9(13)11(3)4/h5-7H2,1-4H3. The average molecular weight is 283 g/mol. The molecule has 0 aliphatic carbocycles. The summed E-state index contributed by atoms with van der Waals surface area (Å²) in [5, 5.41) is 0. The van der Waals surface area contributed by atoms with E-state index in [1.54, 1.807) is 23.5 Å². The molecule has 0 amide bonds. The van der Waals surface area contributed by atoms with Crippen LogP contribution >= 0.6 is 48.0 Å². The summed E-state index contributed by atoms with van der Waals surface area (Å²) < 4.78 is 1.91. The third kappa shape index (κ3) is 8.30. The summed E-state index contributed by atoms with van der Waals surface area (Å²) in [7, 11) is 7.91. The highest BCUT2D eigenvalue weighted by Crippen LogP contribution is 2.13. The van der Waals surface area contributed by atoms with Crippen LogP contribution in [0.4, 0.5) is 0 Å². The van der Waals surface area contributed by atoms with Crippen molar-refractivity contribution in [3.8, 4) is 0 Å². The van der Waals surface area contributed by atoms with Gasteiger partial charge in [0, 0.05) is 39.7 Å². The lowest BCUT2D eigenvalue weighted by atomic mass is 10.6. The molecule has 0 aromatic heterocycles. The SMILES string of the molecule is CN(C)C(=S)SCCCSC(=S)N(C)C. The molecule has 0 fully saturated rings. The van der Waals surface area contributed by atoms with Crippen LogP contribution in [0.25, 0.3) is 0 Å². The van der Waals surface area contributed by atoms with E-state index in [-0.39, 0.29) is 0 Å². The van der Waals surface area contributed by atoms with Gasteiger partial charge in [-0.2, -0.15) is 0 Å². The quantitative estimate of drug-likeness (QED) is 0.573. The van der Waals surface area contributed by atoms with Crippen molar-refractivity contribution < 1.29 is 0 Å². The summed E-state index contributed by atoms with van der Waals surface area (Å²) in [5.41, 5.74) is 0. The van der Waals surface area contributed by atoms with Gasteiger partial charge in [0.25, 0.3) is 0 Å². The Labute approximate surface area is 112 Å². The van der Waals surface area contributed by atoms with Crippen molar-refractivity contribution in [1.82, 2.24) is 9.80 Å². The van der Waals surface area contributed by atoms with Gasteiger partial charge in [-0.25, -0.2) is 0 Å². The normalized spacial score (nSPS) is 9.87. The lowest BCUT2D eigenvalue weighted by Crippen LogP contribution is -2.17. The van der Waals surface area contributed by atoms with Crippen molar-refractivity contribution in [3.05, 3.63) is 0 Å². The Morgan fingerprint density at radius 3 is 1.47 bits per heavy atom. The minimum atomic E-state index is 0.954. The van der Waals surface area contributed by atoms with Gasteiger partial charge < -0.3 is 9.80 Å². The zero-order chi connectivity index (χ0) is 11.8. The molecule has 0 aromatic carbocycles. The molecule has 0 saturated heterocycles. The van der Waals surface area contributed by atoms with Gasteiger partial charge >= 0.3 is 0 Å². The van der Waals surface area contributed by atoms with Crippen molar-refractivity contribution >= 4 is 56.6 Å². The molecular weight excluding hydrogens is 264 g/mol. The Balaban J connectivity index is 3.40. The molecule has 0 unspecified atom stereocenters. The second kappa shape index (κ2) is 8.61. The smallest absolute Gasteiger partial charge is 0.135 e. The molecule has 6 heteroatoms. The van der Waals surface area contributed by atoms with Gasteiger partial charge in [-0.05, 0) is 6.42 Å². The first-order valence-electron chi connectivity index (χ1n) is 4.63. The van der Waals surface area contributed by atoms with Crippen molar-refractivity contribution in [2.75, 3.05) is 39.7 Å². The summed E-state index contributed by atoms with van der Waals surface area (Å²) in [6.07, 6.45) is 1.14. The molecule has 0 aromatic rings. The van der Waals surface area contributed by atoms with Gasteiger partial charge in [0.2, 0.25) is 0 Å². The van der Waals surface area contributed by atoms with Gasteiger partial charge in [-0.1, -0.05) is 48.0 Å². The van der Waals surface area contributed by atoms with Crippen LogP contribution in [-0.4, -0.2) is 58.1 Å². The summed E-state index contributed by atoms with van der Waals surface area (Å²) in [6, 6.07) is 0. The van der Waals surface area contributed by atoms with E-state index in [2.05, 4.69) is 0 Å². The highest BCUT2D eigenvalue weighted by molar-refractivity contribution is 8.23. The van der Waals surface area contributed by atoms with Gasteiger partial charge in [0.1, 0.15) is 8.64 Å². The lowest BCUT2D eigenvalue weighted by molar-refractivity contribution is 0.647. The van der Waals surface area contributed by atoms with E-state index in [9.17, 15) is 0 Å². The van der Waals surface area contributed by atoms with Crippen molar-refractivity contribution in [1.29, 1.82) is 0 Å². The highest BCUT2D eigenvalue weighted by atomic mass is 32.2. The molecule has 0 spiro atoms. The molecule has 0 heterocycles. The second-order valence-electron chi connectivity index (χ2n) is 3.37. The minimum Gasteiger partial charge on any atom is -0.364 e. The fourth-order valence-electron chi connectivity index (χ4n) is 0.636. The van der Waals surface area contributed by atoms with Gasteiger partial charge in [-0.15, -0.1) is 0 Å². The number of thiocarbonyl (C=S) groups is 2. The Morgan fingerprint density at radius 1 is 0.867 bits per heavy atom. The largest absolute Gasteiger partial charge is 0.364 e. The molecule has 2 nitrogen and oxygen atoms in total. The Bertz CT molecular complexity index is 194. The zero-order valence-electron chi connectivity index (χ0n) is 9.65. The maximum absolute atomic E-state index is 5.17. The first kappa shape index (κ1) is 15.5. The van der Waals surface area contributed by atoms with E-state index in [1.807, 2.05) is 38.0 Å². The van der Waals surface area contributed by atoms with E-state index in [4.69, 9.17) is 24.4 Å². The minimum absolute atomic E-state index is 0.954. The van der Waals surface area contributed by atoms with Crippen molar-refractivity contribution in [2.24, 2.45) is 0 Å². The average Bonchev–Trinajstić information content (AvgIpc) is 2.16. The summed E-state index contributed by atoms with van der Waals surface area (Å²) in [5.74, 6) is 2.14. The lowest BCUT2D eigenvalue weighted by Gasteiger charge is -2.13. The topological polar surface area (TPSA) is 6.48 Å². The molecule has 0 radical (unpaired) electrons. The molecular formula is C9H18N2S4. The maximum atomic E-state index is 5.17. The van der Waals surface area contributed by atoms with Crippen LogP contribution in [0, 0.1) is 0 Å². The predicted molar refractivity (Wildman–Crippen MR) is 82.1 cm³/mol.